The summed E-state index contributed by atoms with van der Waals surface area (Å²) in [5.41, 5.74) is 5.85. The zero-order valence-corrected chi connectivity index (χ0v) is 14.4. The lowest BCUT2D eigenvalue weighted by molar-refractivity contribution is 0.0929. The third-order valence-corrected chi connectivity index (χ3v) is 5.16. The van der Waals surface area contributed by atoms with Crippen LogP contribution in [0.2, 0.25) is 0 Å². The molecule has 2 rings (SSSR count). The summed E-state index contributed by atoms with van der Waals surface area (Å²) in [6.07, 6.45) is 1.02. The van der Waals surface area contributed by atoms with E-state index in [-0.39, 0.29) is 0 Å². The second-order valence-electron chi connectivity index (χ2n) is 6.35. The van der Waals surface area contributed by atoms with Crippen LogP contribution in [-0.2, 0) is 0 Å². The van der Waals surface area contributed by atoms with Crippen LogP contribution in [0.1, 0.15) is 13.3 Å². The van der Waals surface area contributed by atoms with E-state index in [4.69, 9.17) is 18.0 Å². The average molecular weight is 314 g/mol. The molecule has 2 aliphatic heterocycles. The SMILES string of the molecule is CCC(C(N)=S)N1CCN(CCN2CCN(C)CC2)CC1. The van der Waals surface area contributed by atoms with Gasteiger partial charge in [0.25, 0.3) is 0 Å². The Bertz CT molecular complexity index is 322. The van der Waals surface area contributed by atoms with Gasteiger partial charge in [0.05, 0.1) is 11.0 Å². The Morgan fingerprint density at radius 2 is 1.43 bits per heavy atom. The highest BCUT2D eigenvalue weighted by molar-refractivity contribution is 7.80. The lowest BCUT2D eigenvalue weighted by Crippen LogP contribution is -2.55. The molecule has 21 heavy (non-hydrogen) atoms. The van der Waals surface area contributed by atoms with Gasteiger partial charge < -0.3 is 10.6 Å². The van der Waals surface area contributed by atoms with Crippen LogP contribution in [0.15, 0.2) is 0 Å². The predicted molar refractivity (Wildman–Crippen MR) is 92.8 cm³/mol. The van der Waals surface area contributed by atoms with Crippen molar-refractivity contribution in [1.29, 1.82) is 0 Å². The molecule has 1 atom stereocenters. The van der Waals surface area contributed by atoms with Gasteiger partial charge in [-0.25, -0.2) is 0 Å². The molecule has 0 radical (unpaired) electrons. The molecule has 0 aromatic heterocycles. The number of thiocarbonyl (C=S) groups is 1. The van der Waals surface area contributed by atoms with Crippen LogP contribution in [0, 0.1) is 0 Å². The predicted octanol–water partition coefficient (Wildman–Crippen LogP) is -0.0839. The van der Waals surface area contributed by atoms with Crippen molar-refractivity contribution >= 4 is 17.2 Å². The van der Waals surface area contributed by atoms with E-state index in [1.54, 1.807) is 0 Å². The number of piperazine rings is 2. The highest BCUT2D eigenvalue weighted by atomic mass is 32.1. The molecule has 2 aliphatic rings. The van der Waals surface area contributed by atoms with Gasteiger partial charge in [0.1, 0.15) is 0 Å². The second kappa shape index (κ2) is 8.39. The summed E-state index contributed by atoms with van der Waals surface area (Å²) in [5, 5.41) is 0. The summed E-state index contributed by atoms with van der Waals surface area (Å²) in [5.74, 6) is 0. The molecule has 122 valence electrons. The first-order valence-electron chi connectivity index (χ1n) is 8.26. The molecule has 5 nitrogen and oxygen atoms in total. The molecule has 0 aromatic rings. The zero-order chi connectivity index (χ0) is 15.2. The van der Waals surface area contributed by atoms with Crippen LogP contribution in [0.4, 0.5) is 0 Å². The topological polar surface area (TPSA) is 39.0 Å². The number of hydrogen-bond acceptors (Lipinski definition) is 5. The van der Waals surface area contributed by atoms with Crippen molar-refractivity contribution < 1.29 is 0 Å². The number of rotatable bonds is 6. The first-order chi connectivity index (χ1) is 10.1. The fourth-order valence-corrected chi connectivity index (χ4v) is 3.61. The van der Waals surface area contributed by atoms with Crippen molar-refractivity contribution in [2.24, 2.45) is 5.73 Å². The summed E-state index contributed by atoms with van der Waals surface area (Å²) < 4.78 is 0. The summed E-state index contributed by atoms with van der Waals surface area (Å²) >= 11 is 5.18. The summed E-state index contributed by atoms with van der Waals surface area (Å²) in [4.78, 5) is 10.7. The molecule has 1 unspecified atom stereocenters. The van der Waals surface area contributed by atoms with Gasteiger partial charge in [-0.1, -0.05) is 19.1 Å². The number of hydrogen-bond donors (Lipinski definition) is 1. The molecule has 2 heterocycles. The molecule has 0 saturated carbocycles. The molecule has 0 bridgehead atoms. The monoisotopic (exact) mass is 313 g/mol. The van der Waals surface area contributed by atoms with Crippen molar-refractivity contribution in [1.82, 2.24) is 19.6 Å². The first-order valence-corrected chi connectivity index (χ1v) is 8.67. The quantitative estimate of drug-likeness (QED) is 0.692. The number of likely N-dealkylation sites (N-methyl/N-ethyl adjacent to an activating group) is 1. The molecular weight excluding hydrogens is 282 g/mol. The zero-order valence-electron chi connectivity index (χ0n) is 13.6. The van der Waals surface area contributed by atoms with Gasteiger partial charge in [0.15, 0.2) is 0 Å². The second-order valence-corrected chi connectivity index (χ2v) is 6.82. The largest absolute Gasteiger partial charge is 0.392 e. The lowest BCUT2D eigenvalue weighted by atomic mass is 10.1. The Morgan fingerprint density at radius 3 is 1.86 bits per heavy atom. The number of nitrogens with zero attached hydrogens (tertiary/aromatic N) is 4. The van der Waals surface area contributed by atoms with E-state index in [9.17, 15) is 0 Å². The summed E-state index contributed by atoms with van der Waals surface area (Å²) in [7, 11) is 2.21. The molecule has 0 spiro atoms. The molecule has 2 fully saturated rings. The Balaban J connectivity index is 1.66. The van der Waals surface area contributed by atoms with Gasteiger partial charge in [-0.2, -0.15) is 0 Å². The van der Waals surface area contributed by atoms with Crippen molar-refractivity contribution in [3.63, 3.8) is 0 Å². The molecule has 6 heteroatoms. The highest BCUT2D eigenvalue weighted by Gasteiger charge is 2.24. The normalized spacial score (nSPS) is 25.0. The maximum Gasteiger partial charge on any atom is 0.0901 e. The van der Waals surface area contributed by atoms with E-state index < -0.39 is 0 Å². The van der Waals surface area contributed by atoms with E-state index in [1.807, 2.05) is 0 Å². The molecule has 0 aliphatic carbocycles. The number of nitrogens with two attached hydrogens (primary N) is 1. The molecule has 0 aromatic carbocycles. The van der Waals surface area contributed by atoms with Crippen LogP contribution < -0.4 is 5.73 Å². The Kier molecular flexibility index (Phi) is 6.82. The van der Waals surface area contributed by atoms with Crippen LogP contribution in [0.5, 0.6) is 0 Å². The van der Waals surface area contributed by atoms with Crippen LogP contribution in [-0.4, -0.2) is 103 Å². The van der Waals surface area contributed by atoms with E-state index in [2.05, 4.69) is 33.6 Å². The van der Waals surface area contributed by atoms with E-state index >= 15 is 0 Å². The van der Waals surface area contributed by atoms with Gasteiger partial charge in [-0.15, -0.1) is 0 Å². The van der Waals surface area contributed by atoms with E-state index in [0.29, 0.717) is 11.0 Å². The van der Waals surface area contributed by atoms with E-state index in [1.165, 1.54) is 39.3 Å². The van der Waals surface area contributed by atoms with Gasteiger partial charge in [-0.05, 0) is 13.5 Å². The van der Waals surface area contributed by atoms with Crippen molar-refractivity contribution in [2.75, 3.05) is 72.5 Å². The molecule has 0 amide bonds. The third-order valence-electron chi connectivity index (χ3n) is 4.89. The Labute approximate surface area is 135 Å². The molecule has 2 N–H and O–H groups in total. The van der Waals surface area contributed by atoms with Crippen LogP contribution >= 0.6 is 12.2 Å². The third kappa shape index (κ3) is 5.14. The Morgan fingerprint density at radius 1 is 0.952 bits per heavy atom. The van der Waals surface area contributed by atoms with Gasteiger partial charge >= 0.3 is 0 Å². The highest BCUT2D eigenvalue weighted by Crippen LogP contribution is 2.10. The molecular formula is C15H31N5S. The first kappa shape index (κ1) is 17.1. The minimum absolute atomic E-state index is 0.291. The standard InChI is InChI=1S/C15H31N5S/c1-3-14(15(16)21)20-12-10-19(11-13-20)9-8-18-6-4-17(2)5-7-18/h14H,3-13H2,1-2H3,(H2,16,21). The van der Waals surface area contributed by atoms with Gasteiger partial charge in [-0.3, -0.25) is 14.7 Å². The summed E-state index contributed by atoms with van der Waals surface area (Å²) in [6, 6.07) is 0.291. The maximum absolute atomic E-state index is 5.85. The van der Waals surface area contributed by atoms with Crippen LogP contribution in [0.25, 0.3) is 0 Å². The fourth-order valence-electron chi connectivity index (χ4n) is 3.29. The average Bonchev–Trinajstić information content (AvgIpc) is 2.48. The van der Waals surface area contributed by atoms with Gasteiger partial charge in [0, 0.05) is 65.4 Å². The molecule has 2 saturated heterocycles. The minimum atomic E-state index is 0.291. The van der Waals surface area contributed by atoms with Crippen molar-refractivity contribution in [3.05, 3.63) is 0 Å². The summed E-state index contributed by atoms with van der Waals surface area (Å²) in [6.45, 7) is 13.9. The van der Waals surface area contributed by atoms with Crippen molar-refractivity contribution in [3.8, 4) is 0 Å². The van der Waals surface area contributed by atoms with Gasteiger partial charge in [0.2, 0.25) is 0 Å². The smallest absolute Gasteiger partial charge is 0.0901 e. The maximum atomic E-state index is 5.85. The van der Waals surface area contributed by atoms with E-state index in [0.717, 1.165) is 32.6 Å². The van der Waals surface area contributed by atoms with Crippen LogP contribution in [0.3, 0.4) is 0 Å². The lowest BCUT2D eigenvalue weighted by Gasteiger charge is -2.40. The van der Waals surface area contributed by atoms with Crippen molar-refractivity contribution in [2.45, 2.75) is 19.4 Å². The fraction of sp³-hybridized carbons (Fsp3) is 0.933. The minimum Gasteiger partial charge on any atom is -0.392 e. The Hall–Kier alpha value is -0.270.